The second-order valence-corrected chi connectivity index (χ2v) is 8.00. The maximum Gasteiger partial charge on any atom is 0.257 e. The first kappa shape index (κ1) is 20.6. The highest BCUT2D eigenvalue weighted by Gasteiger charge is 2.16. The largest absolute Gasteiger partial charge is 0.305 e. The number of pyridine rings is 1. The van der Waals surface area contributed by atoms with E-state index in [1.807, 2.05) is 71.1 Å². The number of aromatic nitrogens is 5. The van der Waals surface area contributed by atoms with Gasteiger partial charge in [-0.3, -0.25) is 14.2 Å². The molecule has 1 N–H and O–H groups in total. The second kappa shape index (κ2) is 8.70. The van der Waals surface area contributed by atoms with Gasteiger partial charge in [0.1, 0.15) is 0 Å². The summed E-state index contributed by atoms with van der Waals surface area (Å²) in [6.45, 7) is 5.51. The van der Waals surface area contributed by atoms with Gasteiger partial charge in [0.2, 0.25) is 0 Å². The zero-order chi connectivity index (χ0) is 22.8. The summed E-state index contributed by atoms with van der Waals surface area (Å²) >= 11 is 0. The third-order valence-electron chi connectivity index (χ3n) is 5.52. The van der Waals surface area contributed by atoms with Crippen LogP contribution in [0.1, 0.15) is 28.4 Å². The molecule has 0 unspecified atom stereocenters. The van der Waals surface area contributed by atoms with Crippen molar-refractivity contribution in [1.82, 2.24) is 24.5 Å². The van der Waals surface area contributed by atoms with Crippen LogP contribution in [-0.2, 0) is 13.1 Å². The Bertz CT molecular complexity index is 1450. The third kappa shape index (κ3) is 4.39. The first-order valence-corrected chi connectivity index (χ1v) is 10.9. The number of carbonyl (C=O) groups is 1. The Labute approximate surface area is 191 Å². The van der Waals surface area contributed by atoms with E-state index in [1.54, 1.807) is 6.20 Å². The molecule has 7 heteroatoms. The van der Waals surface area contributed by atoms with Gasteiger partial charge in [-0.05, 0) is 31.5 Å². The number of benzene rings is 2. The molecule has 0 aliphatic rings. The molecular formula is C26H24N6O. The maximum atomic E-state index is 13.3. The predicted molar refractivity (Wildman–Crippen MR) is 129 cm³/mol. The van der Waals surface area contributed by atoms with Crippen molar-refractivity contribution < 1.29 is 4.79 Å². The van der Waals surface area contributed by atoms with Crippen LogP contribution in [0.15, 0.2) is 79.3 Å². The zero-order valence-corrected chi connectivity index (χ0v) is 18.6. The maximum absolute atomic E-state index is 13.3. The molecule has 0 aliphatic carbocycles. The van der Waals surface area contributed by atoms with E-state index in [-0.39, 0.29) is 5.91 Å². The van der Waals surface area contributed by atoms with Gasteiger partial charge < -0.3 is 5.32 Å². The van der Waals surface area contributed by atoms with Gasteiger partial charge in [-0.15, -0.1) is 0 Å². The number of rotatable bonds is 6. The molecule has 5 aromatic rings. The summed E-state index contributed by atoms with van der Waals surface area (Å²) < 4.78 is 3.66. The molecule has 164 valence electrons. The second-order valence-electron chi connectivity index (χ2n) is 8.00. The number of hydrogen-bond acceptors (Lipinski definition) is 4. The average molecular weight is 437 g/mol. The van der Waals surface area contributed by atoms with E-state index >= 15 is 0 Å². The minimum Gasteiger partial charge on any atom is -0.305 e. The fraction of sp³-hybridized carbons (Fsp3) is 0.154. The molecule has 33 heavy (non-hydrogen) atoms. The predicted octanol–water partition coefficient (Wildman–Crippen LogP) is 4.92. The summed E-state index contributed by atoms with van der Waals surface area (Å²) in [7, 11) is 0. The Morgan fingerprint density at radius 3 is 2.73 bits per heavy atom. The molecule has 5 rings (SSSR count). The molecule has 0 atom stereocenters. The van der Waals surface area contributed by atoms with Crippen LogP contribution < -0.4 is 5.32 Å². The van der Waals surface area contributed by atoms with Crippen molar-refractivity contribution in [1.29, 1.82) is 0 Å². The van der Waals surface area contributed by atoms with Crippen molar-refractivity contribution in [3.8, 4) is 11.3 Å². The summed E-state index contributed by atoms with van der Waals surface area (Å²) in [5.74, 6) is 0.285. The summed E-state index contributed by atoms with van der Waals surface area (Å²) in [5, 5.41) is 12.6. The number of para-hydroxylation sites is 1. The van der Waals surface area contributed by atoms with Crippen LogP contribution in [0.4, 0.5) is 5.82 Å². The van der Waals surface area contributed by atoms with Crippen molar-refractivity contribution in [2.24, 2.45) is 0 Å². The van der Waals surface area contributed by atoms with Gasteiger partial charge in [-0.2, -0.15) is 10.2 Å². The van der Waals surface area contributed by atoms with E-state index in [1.165, 1.54) is 5.56 Å². The lowest BCUT2D eigenvalue weighted by molar-refractivity contribution is 0.102. The summed E-state index contributed by atoms with van der Waals surface area (Å²) in [6.07, 6.45) is 5.58. The topological polar surface area (TPSA) is 77.6 Å². The number of carbonyl (C=O) groups excluding carboxylic acids is 1. The van der Waals surface area contributed by atoms with Crippen molar-refractivity contribution in [3.63, 3.8) is 0 Å². The molecule has 7 nitrogen and oxygen atoms in total. The van der Waals surface area contributed by atoms with Crippen LogP contribution in [0.2, 0.25) is 0 Å². The van der Waals surface area contributed by atoms with E-state index in [2.05, 4.69) is 40.6 Å². The average Bonchev–Trinajstić information content (AvgIpc) is 3.48. The lowest BCUT2D eigenvalue weighted by atomic mass is 10.0. The molecule has 3 heterocycles. The van der Waals surface area contributed by atoms with Gasteiger partial charge in [0.15, 0.2) is 5.82 Å². The van der Waals surface area contributed by atoms with Gasteiger partial charge in [-0.25, -0.2) is 4.98 Å². The van der Waals surface area contributed by atoms with E-state index in [9.17, 15) is 4.79 Å². The first-order chi connectivity index (χ1) is 16.1. The number of nitrogens with one attached hydrogen (secondary N) is 1. The van der Waals surface area contributed by atoms with Crippen LogP contribution in [-0.4, -0.2) is 30.5 Å². The van der Waals surface area contributed by atoms with Gasteiger partial charge in [0.25, 0.3) is 5.91 Å². The molecule has 0 radical (unpaired) electrons. The number of aryl methyl sites for hydroxylation is 2. The standard InChI is InChI=1S/C26H24N6O/c1-3-31-17-20(15-27-31)24-14-22(21-9-4-5-10-23(21)28-24)26(33)29-25-11-12-32(30-25)16-19-8-6-7-18(2)13-19/h4-15,17H,3,16H2,1-2H3,(H,29,30,33). The molecule has 0 saturated heterocycles. The highest BCUT2D eigenvalue weighted by Crippen LogP contribution is 2.25. The van der Waals surface area contributed by atoms with Crippen molar-refractivity contribution in [2.75, 3.05) is 5.32 Å². The van der Waals surface area contributed by atoms with E-state index in [0.29, 0.717) is 23.6 Å². The summed E-state index contributed by atoms with van der Waals surface area (Å²) in [4.78, 5) is 18.0. The van der Waals surface area contributed by atoms with Crippen molar-refractivity contribution in [3.05, 3.63) is 95.9 Å². The SMILES string of the molecule is CCn1cc(-c2cc(C(=O)Nc3ccn(Cc4cccc(C)c4)n3)c3ccccc3n2)cn1. The van der Waals surface area contributed by atoms with Crippen LogP contribution >= 0.6 is 0 Å². The summed E-state index contributed by atoms with van der Waals surface area (Å²) in [5.41, 5.74) is 5.26. The molecular weight excluding hydrogens is 412 g/mol. The highest BCUT2D eigenvalue weighted by molar-refractivity contribution is 6.12. The van der Waals surface area contributed by atoms with Gasteiger partial charge >= 0.3 is 0 Å². The molecule has 0 aliphatic heterocycles. The smallest absolute Gasteiger partial charge is 0.257 e. The van der Waals surface area contributed by atoms with Crippen LogP contribution in [0.25, 0.3) is 22.2 Å². The van der Waals surface area contributed by atoms with Crippen LogP contribution in [0.3, 0.4) is 0 Å². The van der Waals surface area contributed by atoms with Crippen molar-refractivity contribution in [2.45, 2.75) is 26.9 Å². The molecule has 0 bridgehead atoms. The molecule has 2 aromatic carbocycles. The number of fused-ring (bicyclic) bond motifs is 1. The molecule has 0 spiro atoms. The van der Waals surface area contributed by atoms with E-state index < -0.39 is 0 Å². The van der Waals surface area contributed by atoms with E-state index in [0.717, 1.165) is 28.6 Å². The van der Waals surface area contributed by atoms with E-state index in [4.69, 9.17) is 4.98 Å². The molecule has 0 fully saturated rings. The Morgan fingerprint density at radius 1 is 1.03 bits per heavy atom. The quantitative estimate of drug-likeness (QED) is 0.410. The molecule has 1 amide bonds. The van der Waals surface area contributed by atoms with Crippen LogP contribution in [0, 0.1) is 6.92 Å². The minimum absolute atomic E-state index is 0.224. The van der Waals surface area contributed by atoms with Crippen LogP contribution in [0.5, 0.6) is 0 Å². The van der Waals surface area contributed by atoms with Gasteiger partial charge in [-0.1, -0.05) is 48.0 Å². The lowest BCUT2D eigenvalue weighted by Crippen LogP contribution is -2.14. The molecule has 3 aromatic heterocycles. The van der Waals surface area contributed by atoms with Crippen molar-refractivity contribution >= 4 is 22.6 Å². The Kier molecular flexibility index (Phi) is 5.44. The first-order valence-electron chi connectivity index (χ1n) is 10.9. The number of nitrogens with zero attached hydrogens (tertiary/aromatic N) is 5. The number of amides is 1. The highest BCUT2D eigenvalue weighted by atomic mass is 16.1. The molecule has 0 saturated carbocycles. The van der Waals surface area contributed by atoms with Gasteiger partial charge in [0.05, 0.1) is 29.5 Å². The Morgan fingerprint density at radius 2 is 1.91 bits per heavy atom. The fourth-order valence-corrected chi connectivity index (χ4v) is 3.88. The Balaban J connectivity index is 1.43. The normalized spacial score (nSPS) is 11.1. The lowest BCUT2D eigenvalue weighted by Gasteiger charge is -2.09. The summed E-state index contributed by atoms with van der Waals surface area (Å²) in [6, 6.07) is 19.6. The fourth-order valence-electron chi connectivity index (χ4n) is 3.88. The number of anilines is 1. The minimum atomic E-state index is -0.224. The number of hydrogen-bond donors (Lipinski definition) is 1. The zero-order valence-electron chi connectivity index (χ0n) is 18.6. The monoisotopic (exact) mass is 436 g/mol. The van der Waals surface area contributed by atoms with Gasteiger partial charge in [0, 0.05) is 36.0 Å². The Hall–Kier alpha value is -4.26. The third-order valence-corrected chi connectivity index (χ3v) is 5.52.